The molecule has 1 saturated heterocycles. The van der Waals surface area contributed by atoms with E-state index in [0.29, 0.717) is 30.9 Å². The van der Waals surface area contributed by atoms with Crippen molar-refractivity contribution in [2.24, 2.45) is 0 Å². The first-order valence-corrected chi connectivity index (χ1v) is 6.88. The van der Waals surface area contributed by atoms with E-state index in [1.807, 2.05) is 0 Å². The number of carbonyl (C=O) groups is 1. The van der Waals surface area contributed by atoms with E-state index in [1.165, 1.54) is 4.90 Å². The van der Waals surface area contributed by atoms with Crippen LogP contribution >= 0.6 is 0 Å². The minimum atomic E-state index is -0.697. The van der Waals surface area contributed by atoms with Gasteiger partial charge in [0, 0.05) is 19.9 Å². The number of allylic oxidation sites excluding steroid dienone is 1. The number of carbonyl (C=O) groups excluding carboxylic acids is 1. The van der Waals surface area contributed by atoms with E-state index < -0.39 is 11.7 Å². The highest BCUT2D eigenvalue weighted by Gasteiger charge is 2.37. The number of ether oxygens (including phenoxy) is 1. The van der Waals surface area contributed by atoms with Crippen molar-refractivity contribution in [1.82, 2.24) is 14.7 Å². The molecule has 0 aromatic carbocycles. The van der Waals surface area contributed by atoms with Crippen molar-refractivity contribution in [2.45, 2.75) is 39.0 Å². The molecule has 1 aromatic rings. The van der Waals surface area contributed by atoms with Gasteiger partial charge in [0.05, 0.1) is 18.7 Å². The SMILES string of the molecule is CO[C@@H]1C[C@@H](Cn2ccc(N)n2)N(C(=O)C(F)=C(C)C)C1. The molecule has 0 radical (unpaired) electrons. The van der Waals surface area contributed by atoms with Crippen molar-refractivity contribution in [3.8, 4) is 0 Å². The van der Waals surface area contributed by atoms with E-state index >= 15 is 0 Å². The number of nitrogens with zero attached hydrogens (tertiary/aromatic N) is 3. The van der Waals surface area contributed by atoms with Crippen LogP contribution in [0, 0.1) is 0 Å². The van der Waals surface area contributed by atoms with Gasteiger partial charge in [-0.25, -0.2) is 4.39 Å². The van der Waals surface area contributed by atoms with Crippen LogP contribution in [0.15, 0.2) is 23.7 Å². The van der Waals surface area contributed by atoms with E-state index in [0.717, 1.165) is 0 Å². The van der Waals surface area contributed by atoms with Crippen molar-refractivity contribution in [2.75, 3.05) is 19.4 Å². The number of methoxy groups -OCH3 is 1. The summed E-state index contributed by atoms with van der Waals surface area (Å²) in [5, 5.41) is 4.11. The van der Waals surface area contributed by atoms with Crippen LogP contribution in [0.3, 0.4) is 0 Å². The average molecular weight is 296 g/mol. The molecule has 6 nitrogen and oxygen atoms in total. The summed E-state index contributed by atoms with van der Waals surface area (Å²) in [7, 11) is 1.60. The molecule has 0 bridgehead atoms. The zero-order valence-electron chi connectivity index (χ0n) is 12.5. The molecule has 1 aliphatic rings. The van der Waals surface area contributed by atoms with Crippen molar-refractivity contribution in [3.05, 3.63) is 23.7 Å². The lowest BCUT2D eigenvalue weighted by Gasteiger charge is -2.24. The van der Waals surface area contributed by atoms with Crippen LogP contribution in [0.1, 0.15) is 20.3 Å². The number of hydrogen-bond donors (Lipinski definition) is 1. The molecule has 2 rings (SSSR count). The predicted octanol–water partition coefficient (Wildman–Crippen LogP) is 1.34. The van der Waals surface area contributed by atoms with Gasteiger partial charge >= 0.3 is 0 Å². The Morgan fingerprint density at radius 3 is 2.81 bits per heavy atom. The van der Waals surface area contributed by atoms with Crippen LogP contribution in [0.5, 0.6) is 0 Å². The molecule has 0 aliphatic carbocycles. The Bertz CT molecular complexity index is 551. The zero-order valence-corrected chi connectivity index (χ0v) is 12.5. The Morgan fingerprint density at radius 1 is 1.57 bits per heavy atom. The normalized spacial score (nSPS) is 21.6. The smallest absolute Gasteiger partial charge is 0.282 e. The highest BCUT2D eigenvalue weighted by atomic mass is 19.1. The third-order valence-electron chi connectivity index (χ3n) is 3.66. The number of rotatable bonds is 4. The topological polar surface area (TPSA) is 73.4 Å². The number of nitrogen functional groups attached to an aromatic ring is 1. The van der Waals surface area contributed by atoms with Crippen LogP contribution in [0.2, 0.25) is 0 Å². The number of anilines is 1. The number of nitrogens with two attached hydrogens (primary N) is 1. The molecule has 2 atom stereocenters. The predicted molar refractivity (Wildman–Crippen MR) is 77.0 cm³/mol. The number of likely N-dealkylation sites (tertiary alicyclic amines) is 1. The molecular formula is C14H21FN4O2. The summed E-state index contributed by atoms with van der Waals surface area (Å²) in [5.74, 6) is -0.860. The van der Waals surface area contributed by atoms with Gasteiger partial charge in [0.1, 0.15) is 5.82 Å². The molecule has 21 heavy (non-hydrogen) atoms. The van der Waals surface area contributed by atoms with Gasteiger partial charge in [-0.05, 0) is 31.9 Å². The van der Waals surface area contributed by atoms with Crippen LogP contribution in [0.4, 0.5) is 10.2 Å². The van der Waals surface area contributed by atoms with Crippen LogP contribution < -0.4 is 5.73 Å². The third-order valence-corrected chi connectivity index (χ3v) is 3.66. The quantitative estimate of drug-likeness (QED) is 0.851. The van der Waals surface area contributed by atoms with Gasteiger partial charge in [-0.2, -0.15) is 5.10 Å². The average Bonchev–Trinajstić information content (AvgIpc) is 3.03. The molecule has 7 heteroatoms. The van der Waals surface area contributed by atoms with Crippen LogP contribution in [0.25, 0.3) is 0 Å². The molecule has 0 unspecified atom stereocenters. The van der Waals surface area contributed by atoms with Gasteiger partial charge in [-0.15, -0.1) is 0 Å². The minimum Gasteiger partial charge on any atom is -0.382 e. The zero-order chi connectivity index (χ0) is 15.6. The van der Waals surface area contributed by atoms with Gasteiger partial charge in [0.15, 0.2) is 5.83 Å². The maximum absolute atomic E-state index is 13.9. The maximum atomic E-state index is 13.9. The van der Waals surface area contributed by atoms with Gasteiger partial charge in [-0.1, -0.05) is 0 Å². The summed E-state index contributed by atoms with van der Waals surface area (Å²) in [4.78, 5) is 13.8. The summed E-state index contributed by atoms with van der Waals surface area (Å²) in [6.07, 6.45) is 2.31. The maximum Gasteiger partial charge on any atom is 0.282 e. The van der Waals surface area contributed by atoms with E-state index in [2.05, 4.69) is 5.10 Å². The fourth-order valence-electron chi connectivity index (χ4n) is 2.50. The Morgan fingerprint density at radius 2 is 2.29 bits per heavy atom. The van der Waals surface area contributed by atoms with Crippen LogP contribution in [-0.4, -0.2) is 46.4 Å². The number of aromatic nitrogens is 2. The lowest BCUT2D eigenvalue weighted by atomic mass is 10.2. The Balaban J connectivity index is 2.16. The van der Waals surface area contributed by atoms with Crippen LogP contribution in [-0.2, 0) is 16.1 Å². The monoisotopic (exact) mass is 296 g/mol. The highest BCUT2D eigenvalue weighted by Crippen LogP contribution is 2.24. The summed E-state index contributed by atoms with van der Waals surface area (Å²) in [6.45, 7) is 4.02. The molecule has 1 fully saturated rings. The molecule has 2 heterocycles. The fourth-order valence-corrected chi connectivity index (χ4v) is 2.50. The first-order valence-electron chi connectivity index (χ1n) is 6.88. The van der Waals surface area contributed by atoms with Gasteiger partial charge in [0.25, 0.3) is 5.91 Å². The number of hydrogen-bond acceptors (Lipinski definition) is 4. The fraction of sp³-hybridized carbons (Fsp3) is 0.571. The van der Waals surface area contributed by atoms with Gasteiger partial charge in [0.2, 0.25) is 0 Å². The van der Waals surface area contributed by atoms with Gasteiger partial charge in [-0.3, -0.25) is 9.48 Å². The standard InChI is InChI=1S/C14H21FN4O2/c1-9(2)13(15)14(20)19-8-11(21-3)6-10(19)7-18-5-4-12(16)17-18/h4-5,10-11H,6-8H2,1-3H3,(H2,16,17)/t10-,11+/m0/s1. The van der Waals surface area contributed by atoms with Crippen molar-refractivity contribution in [1.29, 1.82) is 0 Å². The first kappa shape index (κ1) is 15.5. The third kappa shape index (κ3) is 3.41. The second-order valence-electron chi connectivity index (χ2n) is 5.48. The molecule has 1 amide bonds. The van der Waals surface area contributed by atoms with E-state index in [1.54, 1.807) is 37.9 Å². The number of halogens is 1. The van der Waals surface area contributed by atoms with E-state index in [4.69, 9.17) is 10.5 Å². The summed E-state index contributed by atoms with van der Waals surface area (Å²) >= 11 is 0. The van der Waals surface area contributed by atoms with Crippen molar-refractivity contribution < 1.29 is 13.9 Å². The molecular weight excluding hydrogens is 275 g/mol. The highest BCUT2D eigenvalue weighted by molar-refractivity contribution is 5.92. The lowest BCUT2D eigenvalue weighted by Crippen LogP contribution is -2.39. The molecule has 0 saturated carbocycles. The summed E-state index contributed by atoms with van der Waals surface area (Å²) < 4.78 is 20.9. The summed E-state index contributed by atoms with van der Waals surface area (Å²) in [5.41, 5.74) is 5.96. The lowest BCUT2D eigenvalue weighted by molar-refractivity contribution is -0.130. The van der Waals surface area contributed by atoms with E-state index in [9.17, 15) is 9.18 Å². The van der Waals surface area contributed by atoms with Gasteiger partial charge < -0.3 is 15.4 Å². The second kappa shape index (κ2) is 6.26. The molecule has 2 N–H and O–H groups in total. The van der Waals surface area contributed by atoms with Crippen molar-refractivity contribution in [3.63, 3.8) is 0 Å². The second-order valence-corrected chi connectivity index (χ2v) is 5.48. The molecule has 1 aromatic heterocycles. The molecule has 116 valence electrons. The Hall–Kier alpha value is -1.89. The largest absolute Gasteiger partial charge is 0.382 e. The molecule has 0 spiro atoms. The van der Waals surface area contributed by atoms with Crippen molar-refractivity contribution >= 4 is 11.7 Å². The van der Waals surface area contributed by atoms with E-state index in [-0.39, 0.29) is 12.1 Å². The summed E-state index contributed by atoms with van der Waals surface area (Å²) in [6, 6.07) is 1.53. The minimum absolute atomic E-state index is 0.0863. The Labute approximate surface area is 123 Å². The first-order chi connectivity index (χ1) is 9.92. The Kier molecular flexibility index (Phi) is 4.62. The number of amides is 1. The molecule has 1 aliphatic heterocycles.